The Morgan fingerprint density at radius 2 is 0.725 bits per heavy atom. The van der Waals surface area contributed by atoms with Gasteiger partial charge in [0.2, 0.25) is 0 Å². The summed E-state index contributed by atoms with van der Waals surface area (Å²) in [4.78, 5) is 0. The van der Waals surface area contributed by atoms with Gasteiger partial charge in [-0.25, -0.2) is 0 Å². The molecule has 0 spiro atoms. The zero-order valence-electron chi connectivity index (χ0n) is 25.7. The summed E-state index contributed by atoms with van der Waals surface area (Å²) in [7, 11) is 0. The molecule has 0 heterocycles. The molecule has 2 heteroatoms. The molecule has 2 N–H and O–H groups in total. The molecule has 0 aromatic heterocycles. The van der Waals surface area contributed by atoms with E-state index in [9.17, 15) is 0 Å². The van der Waals surface area contributed by atoms with E-state index in [0.29, 0.717) is 23.7 Å². The van der Waals surface area contributed by atoms with E-state index in [2.05, 4.69) is 163 Å². The summed E-state index contributed by atoms with van der Waals surface area (Å²) < 4.78 is 0. The number of hydrogen-bond acceptors (Lipinski definition) is 2. The zero-order valence-corrected chi connectivity index (χ0v) is 25.7. The molecule has 0 aliphatic rings. The largest absolute Gasteiger partial charge is 0.376 e. The average Bonchev–Trinajstić information content (AvgIpc) is 2.95. The summed E-state index contributed by atoms with van der Waals surface area (Å²) in [6, 6.07) is 35.8. The molecule has 4 aromatic carbocycles. The first-order valence-electron chi connectivity index (χ1n) is 15.1. The standard InChI is InChI=1S/C38H48N2/c1-25(2)31-19-21-33(27(5)6)35(23-31)39-37(29-15-11-9-12-16-29)38(30-17-13-10-14-18-30)40-36-24-32(26(3)4)20-22-34(36)28(7)8/h9-28,37-40H,1-8H3/t37-,38-/m1/s1. The van der Waals surface area contributed by atoms with Crippen LogP contribution in [0.15, 0.2) is 97.1 Å². The van der Waals surface area contributed by atoms with E-state index in [1.807, 2.05) is 0 Å². The van der Waals surface area contributed by atoms with E-state index < -0.39 is 0 Å². The van der Waals surface area contributed by atoms with Crippen LogP contribution in [0.5, 0.6) is 0 Å². The fraction of sp³-hybridized carbons (Fsp3) is 0.368. The first-order valence-corrected chi connectivity index (χ1v) is 15.1. The zero-order chi connectivity index (χ0) is 28.8. The highest BCUT2D eigenvalue weighted by molar-refractivity contribution is 5.60. The van der Waals surface area contributed by atoms with E-state index in [4.69, 9.17) is 0 Å². The van der Waals surface area contributed by atoms with Gasteiger partial charge in [0.25, 0.3) is 0 Å². The molecular formula is C38H48N2. The van der Waals surface area contributed by atoms with Gasteiger partial charge in [0, 0.05) is 11.4 Å². The van der Waals surface area contributed by atoms with E-state index in [1.54, 1.807) is 0 Å². The van der Waals surface area contributed by atoms with Crippen LogP contribution in [0.4, 0.5) is 11.4 Å². The second-order valence-electron chi connectivity index (χ2n) is 12.4. The Bertz CT molecular complexity index is 1250. The molecule has 2 atom stereocenters. The monoisotopic (exact) mass is 532 g/mol. The van der Waals surface area contributed by atoms with Crippen molar-refractivity contribution in [1.29, 1.82) is 0 Å². The molecule has 210 valence electrons. The third kappa shape index (κ3) is 6.97. The number of anilines is 2. The molecular weight excluding hydrogens is 484 g/mol. The third-order valence-corrected chi connectivity index (χ3v) is 8.00. The minimum absolute atomic E-state index is 0.00577. The molecule has 0 aliphatic carbocycles. The normalized spacial score (nSPS) is 13.2. The van der Waals surface area contributed by atoms with Crippen molar-refractivity contribution in [1.82, 2.24) is 0 Å². The van der Waals surface area contributed by atoms with E-state index in [-0.39, 0.29) is 12.1 Å². The Hall–Kier alpha value is -3.52. The van der Waals surface area contributed by atoms with Crippen LogP contribution < -0.4 is 10.6 Å². The van der Waals surface area contributed by atoms with Gasteiger partial charge >= 0.3 is 0 Å². The summed E-state index contributed by atoms with van der Waals surface area (Å²) in [6.07, 6.45) is 0. The van der Waals surface area contributed by atoms with Gasteiger partial charge in [-0.15, -0.1) is 0 Å². The van der Waals surface area contributed by atoms with Crippen LogP contribution in [0.3, 0.4) is 0 Å². The van der Waals surface area contributed by atoms with Gasteiger partial charge in [0.1, 0.15) is 0 Å². The fourth-order valence-electron chi connectivity index (χ4n) is 5.50. The van der Waals surface area contributed by atoms with Crippen LogP contribution in [0.25, 0.3) is 0 Å². The van der Waals surface area contributed by atoms with Gasteiger partial charge in [-0.2, -0.15) is 0 Å². The van der Waals surface area contributed by atoms with Crippen LogP contribution >= 0.6 is 0 Å². The lowest BCUT2D eigenvalue weighted by molar-refractivity contribution is 0.645. The molecule has 0 amide bonds. The fourth-order valence-corrected chi connectivity index (χ4v) is 5.50. The minimum atomic E-state index is 0.00577. The molecule has 0 unspecified atom stereocenters. The van der Waals surface area contributed by atoms with Crippen LogP contribution in [0, 0.1) is 0 Å². The quantitative estimate of drug-likeness (QED) is 0.201. The van der Waals surface area contributed by atoms with Crippen molar-refractivity contribution >= 4 is 11.4 Å². The van der Waals surface area contributed by atoms with Gasteiger partial charge in [-0.3, -0.25) is 0 Å². The number of benzene rings is 4. The molecule has 0 saturated carbocycles. The maximum absolute atomic E-state index is 4.08. The Morgan fingerprint density at radius 3 is 1.02 bits per heavy atom. The van der Waals surface area contributed by atoms with Gasteiger partial charge < -0.3 is 10.6 Å². The Labute approximate surface area is 243 Å². The third-order valence-electron chi connectivity index (χ3n) is 8.00. The minimum Gasteiger partial charge on any atom is -0.376 e. The Kier molecular flexibility index (Phi) is 9.74. The Morgan fingerprint density at radius 1 is 0.375 bits per heavy atom. The van der Waals surface area contributed by atoms with Gasteiger partial charge in [0.05, 0.1) is 12.1 Å². The highest BCUT2D eigenvalue weighted by Gasteiger charge is 2.27. The topological polar surface area (TPSA) is 24.1 Å². The lowest BCUT2D eigenvalue weighted by Gasteiger charge is -2.34. The number of nitrogens with one attached hydrogen (secondary N) is 2. The van der Waals surface area contributed by atoms with Crippen molar-refractivity contribution in [2.45, 2.75) is 91.1 Å². The van der Waals surface area contributed by atoms with Crippen molar-refractivity contribution in [3.8, 4) is 0 Å². The summed E-state index contributed by atoms with van der Waals surface area (Å²) >= 11 is 0. The molecule has 2 nitrogen and oxygen atoms in total. The maximum Gasteiger partial charge on any atom is 0.0757 e. The molecule has 4 aromatic rings. The first kappa shape index (κ1) is 29.5. The average molecular weight is 533 g/mol. The van der Waals surface area contributed by atoms with Crippen molar-refractivity contribution < 1.29 is 0 Å². The summed E-state index contributed by atoms with van der Waals surface area (Å²) in [5.41, 5.74) is 10.4. The highest BCUT2D eigenvalue weighted by atomic mass is 15.0. The van der Waals surface area contributed by atoms with Crippen LogP contribution in [-0.2, 0) is 0 Å². The van der Waals surface area contributed by atoms with Crippen molar-refractivity contribution in [2.24, 2.45) is 0 Å². The van der Waals surface area contributed by atoms with Crippen LogP contribution in [-0.4, -0.2) is 0 Å². The van der Waals surface area contributed by atoms with Crippen molar-refractivity contribution in [2.75, 3.05) is 10.6 Å². The Balaban J connectivity index is 1.89. The van der Waals surface area contributed by atoms with E-state index in [0.717, 1.165) is 0 Å². The summed E-state index contributed by atoms with van der Waals surface area (Å²) in [5.74, 6) is 1.76. The molecule has 4 rings (SSSR count). The first-order chi connectivity index (χ1) is 19.2. The van der Waals surface area contributed by atoms with E-state index >= 15 is 0 Å². The molecule has 0 fully saturated rings. The second kappa shape index (κ2) is 13.2. The maximum atomic E-state index is 4.08. The number of rotatable bonds is 11. The lowest BCUT2D eigenvalue weighted by Crippen LogP contribution is -2.27. The van der Waals surface area contributed by atoms with Gasteiger partial charge in [-0.1, -0.05) is 140 Å². The predicted octanol–water partition coefficient (Wildman–Crippen LogP) is 11.2. The highest BCUT2D eigenvalue weighted by Crippen LogP contribution is 2.40. The van der Waals surface area contributed by atoms with Crippen molar-refractivity contribution in [3.05, 3.63) is 130 Å². The predicted molar refractivity (Wildman–Crippen MR) is 175 cm³/mol. The molecule has 0 aliphatic heterocycles. The van der Waals surface area contributed by atoms with Crippen molar-refractivity contribution in [3.63, 3.8) is 0 Å². The van der Waals surface area contributed by atoms with Gasteiger partial charge in [0.15, 0.2) is 0 Å². The van der Waals surface area contributed by atoms with Gasteiger partial charge in [-0.05, 0) is 69.2 Å². The molecule has 0 bridgehead atoms. The summed E-state index contributed by atoms with van der Waals surface area (Å²) in [6.45, 7) is 18.2. The second-order valence-corrected chi connectivity index (χ2v) is 12.4. The van der Waals surface area contributed by atoms with E-state index in [1.165, 1.54) is 44.8 Å². The molecule has 0 radical (unpaired) electrons. The van der Waals surface area contributed by atoms with Crippen LogP contribution in [0.2, 0.25) is 0 Å². The summed E-state index contributed by atoms with van der Waals surface area (Å²) in [5, 5.41) is 8.17. The van der Waals surface area contributed by atoms with Crippen LogP contribution in [0.1, 0.15) is 125 Å². The smallest absolute Gasteiger partial charge is 0.0757 e. The molecule has 0 saturated heterocycles. The number of hydrogen-bond donors (Lipinski definition) is 2. The SMILES string of the molecule is CC(C)c1ccc(C(C)C)c(N[C@H](c2ccccc2)[C@H](Nc2cc(C(C)C)ccc2C(C)C)c2ccccc2)c1. The lowest BCUT2D eigenvalue weighted by atomic mass is 9.89. The molecule has 40 heavy (non-hydrogen) atoms.